The van der Waals surface area contributed by atoms with Crippen LogP contribution in [0.2, 0.25) is 0 Å². The van der Waals surface area contributed by atoms with Crippen molar-refractivity contribution in [2.24, 2.45) is 0 Å². The third-order valence-electron chi connectivity index (χ3n) is 2.07. The van der Waals surface area contributed by atoms with Gasteiger partial charge in [-0.3, -0.25) is 0 Å². The van der Waals surface area contributed by atoms with Crippen LogP contribution in [0.3, 0.4) is 0 Å². The molecule has 0 aliphatic carbocycles. The average Bonchev–Trinajstić information content (AvgIpc) is 2.34. The summed E-state index contributed by atoms with van der Waals surface area (Å²) in [5, 5.41) is 9.52. The van der Waals surface area contributed by atoms with Crippen molar-refractivity contribution >= 4 is 17.4 Å². The predicted molar refractivity (Wildman–Crippen MR) is 63.9 cm³/mol. The zero-order valence-corrected chi connectivity index (χ0v) is 9.54. The van der Waals surface area contributed by atoms with E-state index in [-0.39, 0.29) is 5.56 Å². The quantitative estimate of drug-likeness (QED) is 0.883. The monoisotopic (exact) mass is 245 g/mol. The highest BCUT2D eigenvalue weighted by Gasteiger charge is 2.08. The van der Waals surface area contributed by atoms with Crippen molar-refractivity contribution in [3.05, 3.63) is 47.9 Å². The summed E-state index contributed by atoms with van der Waals surface area (Å²) in [4.78, 5) is 4.74. The van der Waals surface area contributed by atoms with Gasteiger partial charge in [0, 0.05) is 11.1 Å². The Morgan fingerprint density at radius 2 is 2.18 bits per heavy atom. The number of halogens is 1. The number of nitriles is 1. The zero-order valence-electron chi connectivity index (χ0n) is 8.72. The van der Waals surface area contributed by atoms with Gasteiger partial charge in [0.1, 0.15) is 16.9 Å². The van der Waals surface area contributed by atoms with Gasteiger partial charge in [0.15, 0.2) is 0 Å². The number of anilines is 1. The van der Waals surface area contributed by atoms with Crippen molar-refractivity contribution in [3.63, 3.8) is 0 Å². The molecular formula is C12H8FN3S. The number of nitrogens with zero attached hydrogens (tertiary/aromatic N) is 2. The fourth-order valence-electron chi connectivity index (χ4n) is 1.27. The molecule has 17 heavy (non-hydrogen) atoms. The Labute approximate surface area is 102 Å². The molecule has 0 fully saturated rings. The van der Waals surface area contributed by atoms with Crippen LogP contribution in [-0.2, 0) is 0 Å². The molecule has 2 aromatic rings. The minimum atomic E-state index is -0.431. The Morgan fingerprint density at radius 3 is 2.88 bits per heavy atom. The Morgan fingerprint density at radius 1 is 1.35 bits per heavy atom. The first-order valence-corrected chi connectivity index (χ1v) is 5.60. The normalized spacial score (nSPS) is 9.88. The molecule has 1 heterocycles. The lowest BCUT2D eigenvalue weighted by atomic mass is 10.2. The molecule has 0 saturated carbocycles. The number of pyridine rings is 1. The van der Waals surface area contributed by atoms with Crippen LogP contribution in [0, 0.1) is 17.1 Å². The second-order valence-corrected chi connectivity index (χ2v) is 4.28. The largest absolute Gasteiger partial charge is 0.397 e. The smallest absolute Gasteiger partial charge is 0.124 e. The van der Waals surface area contributed by atoms with E-state index < -0.39 is 5.82 Å². The standard InChI is InChI=1S/C12H8FN3S/c13-9-3-4-11(8(6-9)7-14)17-12-10(15)2-1-5-16-12/h1-6H,15H2. The molecule has 0 radical (unpaired) electrons. The van der Waals surface area contributed by atoms with Crippen LogP contribution < -0.4 is 5.73 Å². The van der Waals surface area contributed by atoms with E-state index in [0.717, 1.165) is 0 Å². The van der Waals surface area contributed by atoms with E-state index in [9.17, 15) is 4.39 Å². The van der Waals surface area contributed by atoms with E-state index in [1.54, 1.807) is 24.4 Å². The highest BCUT2D eigenvalue weighted by atomic mass is 32.2. The van der Waals surface area contributed by atoms with Gasteiger partial charge < -0.3 is 5.73 Å². The lowest BCUT2D eigenvalue weighted by molar-refractivity contribution is 0.626. The third-order valence-corrected chi connectivity index (χ3v) is 3.18. The fourth-order valence-corrected chi connectivity index (χ4v) is 2.13. The Balaban J connectivity index is 2.37. The van der Waals surface area contributed by atoms with Crippen LogP contribution in [0.25, 0.3) is 0 Å². The molecular weight excluding hydrogens is 237 g/mol. The van der Waals surface area contributed by atoms with E-state index in [0.29, 0.717) is 15.6 Å². The minimum absolute atomic E-state index is 0.278. The van der Waals surface area contributed by atoms with E-state index >= 15 is 0 Å². The molecule has 0 unspecified atom stereocenters. The number of benzene rings is 1. The van der Waals surface area contributed by atoms with Gasteiger partial charge in [-0.2, -0.15) is 5.26 Å². The maximum Gasteiger partial charge on any atom is 0.124 e. The van der Waals surface area contributed by atoms with Crippen molar-refractivity contribution in [1.82, 2.24) is 4.98 Å². The summed E-state index contributed by atoms with van der Waals surface area (Å²) in [6, 6.07) is 9.46. The van der Waals surface area contributed by atoms with Gasteiger partial charge >= 0.3 is 0 Å². The molecule has 0 bridgehead atoms. The SMILES string of the molecule is N#Cc1cc(F)ccc1Sc1ncccc1N. The van der Waals surface area contributed by atoms with Crippen molar-refractivity contribution in [2.75, 3.05) is 5.73 Å². The van der Waals surface area contributed by atoms with Gasteiger partial charge in [0.25, 0.3) is 0 Å². The maximum absolute atomic E-state index is 13.0. The van der Waals surface area contributed by atoms with Crippen LogP contribution >= 0.6 is 11.8 Å². The molecule has 2 rings (SSSR count). The fraction of sp³-hybridized carbons (Fsp3) is 0. The first kappa shape index (κ1) is 11.4. The summed E-state index contributed by atoms with van der Waals surface area (Å²) in [5.41, 5.74) is 6.56. The minimum Gasteiger partial charge on any atom is -0.397 e. The summed E-state index contributed by atoms with van der Waals surface area (Å²) >= 11 is 1.25. The Kier molecular flexibility index (Phi) is 3.26. The van der Waals surface area contributed by atoms with Gasteiger partial charge in [-0.05, 0) is 30.3 Å². The van der Waals surface area contributed by atoms with Crippen LogP contribution in [0.4, 0.5) is 10.1 Å². The summed E-state index contributed by atoms with van der Waals surface area (Å²) < 4.78 is 13.0. The van der Waals surface area contributed by atoms with Crippen molar-refractivity contribution in [3.8, 4) is 6.07 Å². The second kappa shape index (κ2) is 4.85. The molecule has 0 aliphatic rings. The zero-order chi connectivity index (χ0) is 12.3. The summed E-state index contributed by atoms with van der Waals surface area (Å²) in [6.45, 7) is 0. The van der Waals surface area contributed by atoms with Gasteiger partial charge in [0.05, 0.1) is 11.3 Å². The number of rotatable bonds is 2. The topological polar surface area (TPSA) is 62.7 Å². The van der Waals surface area contributed by atoms with Crippen molar-refractivity contribution < 1.29 is 4.39 Å². The lowest BCUT2D eigenvalue weighted by Crippen LogP contribution is -1.91. The maximum atomic E-state index is 13.0. The number of nitrogens with two attached hydrogens (primary N) is 1. The lowest BCUT2D eigenvalue weighted by Gasteiger charge is -2.05. The third kappa shape index (κ3) is 2.55. The second-order valence-electron chi connectivity index (χ2n) is 3.25. The molecule has 2 N–H and O–H groups in total. The van der Waals surface area contributed by atoms with Crippen LogP contribution in [-0.4, -0.2) is 4.98 Å². The van der Waals surface area contributed by atoms with E-state index in [4.69, 9.17) is 11.0 Å². The molecule has 1 aromatic heterocycles. The van der Waals surface area contributed by atoms with Crippen LogP contribution in [0.5, 0.6) is 0 Å². The van der Waals surface area contributed by atoms with Gasteiger partial charge in [0.2, 0.25) is 0 Å². The molecule has 84 valence electrons. The Bertz CT molecular complexity index is 593. The molecule has 0 atom stereocenters. The summed E-state index contributed by atoms with van der Waals surface area (Å²) in [5.74, 6) is -0.431. The molecule has 1 aromatic carbocycles. The molecule has 3 nitrogen and oxygen atoms in total. The van der Waals surface area contributed by atoms with Crippen molar-refractivity contribution in [2.45, 2.75) is 9.92 Å². The van der Waals surface area contributed by atoms with Gasteiger partial charge in [-0.15, -0.1) is 0 Å². The number of hydrogen-bond donors (Lipinski definition) is 1. The Hall–Kier alpha value is -2.06. The first-order valence-electron chi connectivity index (χ1n) is 4.78. The van der Waals surface area contributed by atoms with Gasteiger partial charge in [-0.25, -0.2) is 9.37 Å². The van der Waals surface area contributed by atoms with Gasteiger partial charge in [-0.1, -0.05) is 11.8 Å². The van der Waals surface area contributed by atoms with E-state index in [1.165, 1.54) is 23.9 Å². The molecule has 0 saturated heterocycles. The van der Waals surface area contributed by atoms with E-state index in [2.05, 4.69) is 4.98 Å². The van der Waals surface area contributed by atoms with Crippen molar-refractivity contribution in [1.29, 1.82) is 5.26 Å². The predicted octanol–water partition coefficient (Wildman–Crippen LogP) is 2.83. The summed E-state index contributed by atoms with van der Waals surface area (Å²) in [6.07, 6.45) is 1.62. The average molecular weight is 245 g/mol. The number of aromatic nitrogens is 1. The molecule has 0 aliphatic heterocycles. The number of nitrogen functional groups attached to an aromatic ring is 1. The number of hydrogen-bond acceptors (Lipinski definition) is 4. The summed E-state index contributed by atoms with van der Waals surface area (Å²) in [7, 11) is 0. The first-order chi connectivity index (χ1) is 8.20. The highest BCUT2D eigenvalue weighted by Crippen LogP contribution is 2.32. The van der Waals surface area contributed by atoms with E-state index in [1.807, 2.05) is 6.07 Å². The molecule has 5 heteroatoms. The van der Waals surface area contributed by atoms with Crippen LogP contribution in [0.15, 0.2) is 46.5 Å². The molecule has 0 amide bonds. The molecule has 0 spiro atoms. The highest BCUT2D eigenvalue weighted by molar-refractivity contribution is 7.99. The van der Waals surface area contributed by atoms with Crippen LogP contribution in [0.1, 0.15) is 5.56 Å².